The van der Waals surface area contributed by atoms with Crippen molar-refractivity contribution in [3.63, 3.8) is 0 Å². The second-order valence-corrected chi connectivity index (χ2v) is 11.1. The average molecular weight is 563 g/mol. The molecule has 198 valence electrons. The van der Waals surface area contributed by atoms with Gasteiger partial charge in [-0.1, -0.05) is 17.7 Å². The van der Waals surface area contributed by atoms with E-state index in [9.17, 15) is 18.0 Å². The van der Waals surface area contributed by atoms with E-state index in [1.165, 1.54) is 19.2 Å². The number of aromatic nitrogens is 2. The molecule has 4 aromatic rings. The molecule has 1 aliphatic rings. The Morgan fingerprint density at radius 1 is 1.05 bits per heavy atom. The topological polar surface area (TPSA) is 142 Å². The van der Waals surface area contributed by atoms with E-state index in [-0.39, 0.29) is 17.2 Å². The van der Waals surface area contributed by atoms with Crippen molar-refractivity contribution >= 4 is 56.4 Å². The summed E-state index contributed by atoms with van der Waals surface area (Å²) in [6.45, 7) is 1.78. The molecule has 2 heterocycles. The van der Waals surface area contributed by atoms with Gasteiger partial charge in [-0.2, -0.15) is 0 Å². The average Bonchev–Trinajstić information content (AvgIpc) is 3.04. The van der Waals surface area contributed by atoms with Crippen molar-refractivity contribution in [3.8, 4) is 11.3 Å². The fourth-order valence-electron chi connectivity index (χ4n) is 4.07. The Kier molecular flexibility index (Phi) is 7.04. The number of benzene rings is 3. The van der Waals surface area contributed by atoms with Crippen LogP contribution in [0.5, 0.6) is 0 Å². The van der Waals surface area contributed by atoms with E-state index in [4.69, 9.17) is 11.6 Å². The lowest BCUT2D eigenvalue weighted by Crippen LogP contribution is -2.19. The molecule has 5 rings (SSSR count). The van der Waals surface area contributed by atoms with Crippen molar-refractivity contribution in [3.05, 3.63) is 88.6 Å². The molecule has 0 atom stereocenters. The van der Waals surface area contributed by atoms with Gasteiger partial charge in [-0.15, -0.1) is 0 Å². The van der Waals surface area contributed by atoms with E-state index in [1.807, 2.05) is 0 Å². The molecular formula is C27H23ClN6O4S. The van der Waals surface area contributed by atoms with Crippen LogP contribution in [-0.4, -0.2) is 37.2 Å². The number of anilines is 4. The van der Waals surface area contributed by atoms with Gasteiger partial charge in [-0.05, 0) is 74.1 Å². The van der Waals surface area contributed by atoms with Crippen molar-refractivity contribution in [2.45, 2.75) is 18.2 Å². The van der Waals surface area contributed by atoms with Crippen molar-refractivity contribution in [2.75, 3.05) is 23.0 Å². The maximum atomic E-state index is 12.9. The van der Waals surface area contributed by atoms with Crippen molar-refractivity contribution in [1.29, 1.82) is 0 Å². The molecule has 4 N–H and O–H groups in total. The Hall–Kier alpha value is -4.32. The number of hydrogen-bond acceptors (Lipinski definition) is 7. The van der Waals surface area contributed by atoms with Gasteiger partial charge >= 0.3 is 0 Å². The van der Waals surface area contributed by atoms with Gasteiger partial charge in [0, 0.05) is 39.3 Å². The summed E-state index contributed by atoms with van der Waals surface area (Å²) in [5.74, 6) is -0.252. The lowest BCUT2D eigenvalue weighted by molar-refractivity contribution is -0.115. The van der Waals surface area contributed by atoms with E-state index in [1.54, 1.807) is 61.7 Å². The molecular weight excluding hydrogens is 540 g/mol. The Morgan fingerprint density at radius 3 is 2.56 bits per heavy atom. The highest BCUT2D eigenvalue weighted by Crippen LogP contribution is 2.35. The summed E-state index contributed by atoms with van der Waals surface area (Å²) in [5.41, 5.74) is 4.75. The van der Waals surface area contributed by atoms with E-state index in [0.29, 0.717) is 44.9 Å². The fourth-order valence-corrected chi connectivity index (χ4v) is 5.00. The third-order valence-electron chi connectivity index (χ3n) is 6.17. The van der Waals surface area contributed by atoms with Gasteiger partial charge < -0.3 is 16.0 Å². The standard InChI is InChI=1S/C27H23ClN6O4S/c1-15-3-9-20(39(37,38)29-2)13-22(15)33-26(36)16-4-7-19(8-5-16)31-27-30-14-17-11-24(35)32-23-12-18(28)6-10-21(23)25(17)34-27/h3-10,12-14,29H,11H2,1-2H3,(H,32,35)(H,33,36)(H,30,31,34). The molecule has 0 spiro atoms. The number of rotatable bonds is 6. The number of sulfonamides is 1. The summed E-state index contributed by atoms with van der Waals surface area (Å²) in [5, 5.41) is 9.24. The minimum absolute atomic E-state index is 0.0528. The molecule has 2 amide bonds. The minimum Gasteiger partial charge on any atom is -0.325 e. The van der Waals surface area contributed by atoms with Gasteiger partial charge in [-0.3, -0.25) is 9.59 Å². The van der Waals surface area contributed by atoms with Crippen molar-refractivity contribution < 1.29 is 18.0 Å². The first-order valence-corrected chi connectivity index (χ1v) is 13.7. The molecule has 10 nitrogen and oxygen atoms in total. The quantitative estimate of drug-likeness (QED) is 0.271. The van der Waals surface area contributed by atoms with Crippen LogP contribution in [0.25, 0.3) is 11.3 Å². The molecule has 12 heteroatoms. The van der Waals surface area contributed by atoms with Gasteiger partial charge in [0.25, 0.3) is 5.91 Å². The highest BCUT2D eigenvalue weighted by Gasteiger charge is 2.21. The molecule has 0 radical (unpaired) electrons. The Balaban J connectivity index is 1.34. The molecule has 1 aromatic heterocycles. The van der Waals surface area contributed by atoms with Gasteiger partial charge in [-0.25, -0.2) is 23.1 Å². The lowest BCUT2D eigenvalue weighted by Gasteiger charge is -2.12. The van der Waals surface area contributed by atoms with E-state index in [0.717, 1.165) is 11.1 Å². The van der Waals surface area contributed by atoms with Crippen LogP contribution in [0.2, 0.25) is 5.02 Å². The zero-order chi connectivity index (χ0) is 27.7. The summed E-state index contributed by atoms with van der Waals surface area (Å²) in [4.78, 5) is 34.2. The molecule has 0 saturated carbocycles. The molecule has 0 bridgehead atoms. The van der Waals surface area contributed by atoms with Crippen LogP contribution in [0.4, 0.5) is 23.0 Å². The minimum atomic E-state index is -3.65. The van der Waals surface area contributed by atoms with Crippen LogP contribution in [0.1, 0.15) is 21.5 Å². The highest BCUT2D eigenvalue weighted by molar-refractivity contribution is 7.89. The maximum absolute atomic E-state index is 12.9. The smallest absolute Gasteiger partial charge is 0.255 e. The molecule has 0 aliphatic carbocycles. The zero-order valence-electron chi connectivity index (χ0n) is 20.9. The largest absolute Gasteiger partial charge is 0.325 e. The molecule has 0 saturated heterocycles. The first-order valence-electron chi connectivity index (χ1n) is 11.8. The number of carbonyl (C=O) groups excluding carboxylic acids is 2. The van der Waals surface area contributed by atoms with E-state index < -0.39 is 15.9 Å². The Morgan fingerprint density at radius 2 is 1.82 bits per heavy atom. The van der Waals surface area contributed by atoms with Crippen molar-refractivity contribution in [2.24, 2.45) is 0 Å². The number of carbonyl (C=O) groups is 2. The lowest BCUT2D eigenvalue weighted by atomic mass is 10.1. The molecule has 0 fully saturated rings. The van der Waals surface area contributed by atoms with E-state index in [2.05, 4.69) is 30.6 Å². The van der Waals surface area contributed by atoms with Gasteiger partial charge in [0.15, 0.2) is 0 Å². The summed E-state index contributed by atoms with van der Waals surface area (Å²) < 4.78 is 26.5. The van der Waals surface area contributed by atoms with Crippen LogP contribution >= 0.6 is 11.6 Å². The molecule has 0 unspecified atom stereocenters. The van der Waals surface area contributed by atoms with Crippen LogP contribution in [0, 0.1) is 6.92 Å². The molecule has 1 aliphatic heterocycles. The van der Waals surface area contributed by atoms with Crippen LogP contribution in [0.15, 0.2) is 71.8 Å². The molecule has 3 aromatic carbocycles. The second kappa shape index (κ2) is 10.4. The highest BCUT2D eigenvalue weighted by atomic mass is 35.5. The summed E-state index contributed by atoms with van der Waals surface area (Å²) in [6.07, 6.45) is 1.75. The number of nitrogens with zero attached hydrogens (tertiary/aromatic N) is 2. The molecule has 39 heavy (non-hydrogen) atoms. The van der Waals surface area contributed by atoms with Crippen molar-refractivity contribution in [1.82, 2.24) is 14.7 Å². The van der Waals surface area contributed by atoms with Gasteiger partial charge in [0.2, 0.25) is 21.9 Å². The number of fused-ring (bicyclic) bond motifs is 3. The third-order valence-corrected chi connectivity index (χ3v) is 7.81. The Labute approximate surface area is 229 Å². The first kappa shape index (κ1) is 26.3. The second-order valence-electron chi connectivity index (χ2n) is 8.82. The fraction of sp³-hybridized carbons (Fsp3) is 0.111. The predicted octanol–water partition coefficient (Wildman–Crippen LogP) is 4.50. The predicted molar refractivity (Wildman–Crippen MR) is 150 cm³/mol. The van der Waals surface area contributed by atoms with E-state index >= 15 is 0 Å². The number of amides is 2. The SMILES string of the molecule is CNS(=O)(=O)c1ccc(C)c(NC(=O)c2ccc(Nc3ncc4c(n3)-c3ccc(Cl)cc3NC(=O)C4)cc2)c1. The van der Waals surface area contributed by atoms with Crippen LogP contribution in [0.3, 0.4) is 0 Å². The zero-order valence-corrected chi connectivity index (χ0v) is 22.4. The summed E-state index contributed by atoms with van der Waals surface area (Å²) in [7, 11) is -2.32. The maximum Gasteiger partial charge on any atom is 0.255 e. The Bertz CT molecular complexity index is 1730. The van der Waals surface area contributed by atoms with Gasteiger partial charge in [0.05, 0.1) is 22.7 Å². The number of hydrogen-bond donors (Lipinski definition) is 4. The first-order chi connectivity index (χ1) is 18.6. The van der Waals surface area contributed by atoms with Crippen LogP contribution in [-0.2, 0) is 21.2 Å². The summed E-state index contributed by atoms with van der Waals surface area (Å²) in [6, 6.07) is 16.4. The third kappa shape index (κ3) is 5.60. The summed E-state index contributed by atoms with van der Waals surface area (Å²) >= 11 is 6.11. The number of halogens is 1. The normalized spacial score (nSPS) is 12.5. The van der Waals surface area contributed by atoms with Gasteiger partial charge in [0.1, 0.15) is 0 Å². The monoisotopic (exact) mass is 562 g/mol. The number of aryl methyl sites for hydroxylation is 1. The number of nitrogens with one attached hydrogen (secondary N) is 4. The van der Waals surface area contributed by atoms with Crippen LogP contribution < -0.4 is 20.7 Å².